The maximum atomic E-state index is 12.0. The Morgan fingerprint density at radius 3 is 2.65 bits per heavy atom. The van der Waals surface area contributed by atoms with Crippen molar-refractivity contribution in [1.29, 1.82) is 0 Å². The number of nitrogens with one attached hydrogen (secondary N) is 2. The molecule has 0 fully saturated rings. The van der Waals surface area contributed by atoms with E-state index in [2.05, 4.69) is 10.6 Å². The van der Waals surface area contributed by atoms with Gasteiger partial charge in [-0.15, -0.1) is 0 Å². The third-order valence-corrected chi connectivity index (χ3v) is 3.68. The zero-order valence-electron chi connectivity index (χ0n) is 12.6. The van der Waals surface area contributed by atoms with E-state index in [1.807, 2.05) is 42.5 Å². The number of carbonyl (C=O) groups excluding carboxylic acids is 2. The number of carbonyl (C=O) groups is 2. The fourth-order valence-electron chi connectivity index (χ4n) is 2.48. The first-order chi connectivity index (χ1) is 11.2. The summed E-state index contributed by atoms with van der Waals surface area (Å²) in [5.41, 5.74) is 1.89. The third kappa shape index (κ3) is 3.88. The van der Waals surface area contributed by atoms with E-state index in [4.69, 9.17) is 4.74 Å². The Morgan fingerprint density at radius 2 is 1.83 bits per heavy atom. The summed E-state index contributed by atoms with van der Waals surface area (Å²) < 4.78 is 5.24. The van der Waals surface area contributed by atoms with Gasteiger partial charge in [0.05, 0.1) is 12.1 Å². The molecule has 5 heteroatoms. The van der Waals surface area contributed by atoms with Gasteiger partial charge in [0.2, 0.25) is 5.91 Å². The van der Waals surface area contributed by atoms with Gasteiger partial charge in [0.25, 0.3) is 0 Å². The van der Waals surface area contributed by atoms with E-state index in [1.165, 1.54) is 0 Å². The van der Waals surface area contributed by atoms with Crippen molar-refractivity contribution in [3.63, 3.8) is 0 Å². The molecule has 1 aliphatic rings. The molecular weight excluding hydrogens is 292 g/mol. The van der Waals surface area contributed by atoms with Gasteiger partial charge in [0.15, 0.2) is 5.75 Å². The van der Waals surface area contributed by atoms with E-state index in [1.54, 1.807) is 12.1 Å². The van der Waals surface area contributed by atoms with E-state index >= 15 is 0 Å². The molecule has 2 aromatic carbocycles. The molecule has 2 aromatic rings. The molecule has 0 aromatic heterocycles. The number of para-hydroxylation sites is 2. The number of esters is 1. The van der Waals surface area contributed by atoms with Crippen molar-refractivity contribution < 1.29 is 14.3 Å². The first-order valence-corrected chi connectivity index (χ1v) is 7.60. The Morgan fingerprint density at radius 1 is 1.09 bits per heavy atom. The number of hydrogen-bond acceptors (Lipinski definition) is 4. The van der Waals surface area contributed by atoms with Crippen LogP contribution in [0.2, 0.25) is 0 Å². The average molecular weight is 310 g/mol. The van der Waals surface area contributed by atoms with Gasteiger partial charge in [-0.25, -0.2) is 4.79 Å². The van der Waals surface area contributed by atoms with Crippen molar-refractivity contribution in [2.24, 2.45) is 0 Å². The SMILES string of the molecule is O=C(CC1Nc2ccccc2OC1=O)NCCc1ccccc1. The molecule has 5 nitrogen and oxygen atoms in total. The zero-order valence-corrected chi connectivity index (χ0v) is 12.6. The summed E-state index contributed by atoms with van der Waals surface area (Å²) in [7, 11) is 0. The number of anilines is 1. The fourth-order valence-corrected chi connectivity index (χ4v) is 2.48. The zero-order chi connectivity index (χ0) is 16.1. The molecule has 1 heterocycles. The minimum Gasteiger partial charge on any atom is -0.423 e. The Balaban J connectivity index is 1.49. The molecule has 0 spiro atoms. The van der Waals surface area contributed by atoms with Gasteiger partial charge >= 0.3 is 5.97 Å². The van der Waals surface area contributed by atoms with Gasteiger partial charge in [-0.3, -0.25) is 4.79 Å². The van der Waals surface area contributed by atoms with Crippen LogP contribution < -0.4 is 15.4 Å². The molecule has 1 atom stereocenters. The van der Waals surface area contributed by atoms with Crippen molar-refractivity contribution in [1.82, 2.24) is 5.32 Å². The molecule has 2 N–H and O–H groups in total. The van der Waals surface area contributed by atoms with Crippen molar-refractivity contribution in [3.8, 4) is 5.75 Å². The lowest BCUT2D eigenvalue weighted by Gasteiger charge is -2.24. The molecule has 1 amide bonds. The lowest BCUT2D eigenvalue weighted by Crippen LogP contribution is -2.41. The summed E-state index contributed by atoms with van der Waals surface area (Å²) in [6.45, 7) is 0.543. The van der Waals surface area contributed by atoms with Crippen molar-refractivity contribution in [2.75, 3.05) is 11.9 Å². The maximum Gasteiger partial charge on any atom is 0.334 e. The lowest BCUT2D eigenvalue weighted by molar-refractivity contribution is -0.138. The Bertz CT molecular complexity index is 700. The lowest BCUT2D eigenvalue weighted by atomic mass is 10.1. The van der Waals surface area contributed by atoms with Gasteiger partial charge in [-0.1, -0.05) is 42.5 Å². The molecule has 0 radical (unpaired) electrons. The number of ether oxygens (including phenoxy) is 1. The molecule has 1 aliphatic heterocycles. The van der Waals surface area contributed by atoms with Gasteiger partial charge in [0, 0.05) is 6.54 Å². The number of benzene rings is 2. The fraction of sp³-hybridized carbons (Fsp3) is 0.222. The van der Waals surface area contributed by atoms with Crippen LogP contribution >= 0.6 is 0 Å². The van der Waals surface area contributed by atoms with E-state index < -0.39 is 12.0 Å². The molecular formula is C18H18N2O3. The highest BCUT2D eigenvalue weighted by molar-refractivity contribution is 5.91. The Hall–Kier alpha value is -2.82. The van der Waals surface area contributed by atoms with Crippen LogP contribution in [0.5, 0.6) is 5.75 Å². The first-order valence-electron chi connectivity index (χ1n) is 7.60. The average Bonchev–Trinajstić information content (AvgIpc) is 2.56. The van der Waals surface area contributed by atoms with Crippen molar-refractivity contribution in [2.45, 2.75) is 18.9 Å². The van der Waals surface area contributed by atoms with E-state index in [9.17, 15) is 9.59 Å². The third-order valence-electron chi connectivity index (χ3n) is 3.68. The van der Waals surface area contributed by atoms with Crippen LogP contribution in [-0.4, -0.2) is 24.5 Å². The molecule has 0 saturated carbocycles. The van der Waals surface area contributed by atoms with E-state index in [0.717, 1.165) is 17.7 Å². The van der Waals surface area contributed by atoms with E-state index in [0.29, 0.717) is 12.3 Å². The van der Waals surface area contributed by atoms with Crippen LogP contribution in [0.4, 0.5) is 5.69 Å². The van der Waals surface area contributed by atoms with Gasteiger partial charge in [-0.05, 0) is 24.1 Å². The second-order valence-corrected chi connectivity index (χ2v) is 5.40. The van der Waals surface area contributed by atoms with Crippen molar-refractivity contribution >= 4 is 17.6 Å². The number of rotatable bonds is 5. The van der Waals surface area contributed by atoms with E-state index in [-0.39, 0.29) is 12.3 Å². The normalized spacial score (nSPS) is 16.0. The molecule has 0 bridgehead atoms. The Labute approximate surface area is 134 Å². The van der Waals surface area contributed by atoms with Gasteiger partial charge < -0.3 is 15.4 Å². The summed E-state index contributed by atoms with van der Waals surface area (Å²) in [6.07, 6.45) is 0.819. The van der Waals surface area contributed by atoms with Crippen molar-refractivity contribution in [3.05, 3.63) is 60.2 Å². The quantitative estimate of drug-likeness (QED) is 0.656. The van der Waals surface area contributed by atoms with Crippen LogP contribution in [0.1, 0.15) is 12.0 Å². The van der Waals surface area contributed by atoms with Crippen LogP contribution in [0.3, 0.4) is 0 Å². The number of amides is 1. The summed E-state index contributed by atoms with van der Waals surface area (Å²) in [4.78, 5) is 23.9. The molecule has 0 saturated heterocycles. The van der Waals surface area contributed by atoms with Crippen LogP contribution in [0.25, 0.3) is 0 Å². The smallest absolute Gasteiger partial charge is 0.334 e. The maximum absolute atomic E-state index is 12.0. The molecule has 118 valence electrons. The summed E-state index contributed by atoms with van der Waals surface area (Å²) in [5.74, 6) is -0.102. The number of fused-ring (bicyclic) bond motifs is 1. The minimum absolute atomic E-state index is 0.0575. The molecule has 23 heavy (non-hydrogen) atoms. The summed E-state index contributed by atoms with van der Waals surface area (Å²) in [5, 5.41) is 5.89. The highest BCUT2D eigenvalue weighted by Gasteiger charge is 2.29. The predicted molar refractivity (Wildman–Crippen MR) is 87.3 cm³/mol. The molecule has 1 unspecified atom stereocenters. The highest BCUT2D eigenvalue weighted by Crippen LogP contribution is 2.29. The minimum atomic E-state index is -0.651. The number of hydrogen-bond donors (Lipinski definition) is 2. The van der Waals surface area contributed by atoms with Crippen LogP contribution in [0, 0.1) is 0 Å². The summed E-state index contributed by atoms with van der Waals surface area (Å²) >= 11 is 0. The first kappa shape index (κ1) is 15.1. The highest BCUT2D eigenvalue weighted by atomic mass is 16.5. The largest absolute Gasteiger partial charge is 0.423 e. The Kier molecular flexibility index (Phi) is 4.57. The second-order valence-electron chi connectivity index (χ2n) is 5.40. The predicted octanol–water partition coefficient (Wildman–Crippen LogP) is 2.14. The molecule has 0 aliphatic carbocycles. The van der Waals surface area contributed by atoms with Gasteiger partial charge in [-0.2, -0.15) is 0 Å². The van der Waals surface area contributed by atoms with Crippen LogP contribution in [-0.2, 0) is 16.0 Å². The molecule has 3 rings (SSSR count). The van der Waals surface area contributed by atoms with Crippen LogP contribution in [0.15, 0.2) is 54.6 Å². The second kappa shape index (κ2) is 6.96. The summed E-state index contributed by atoms with van der Waals surface area (Å²) in [6, 6.07) is 16.5. The standard InChI is InChI=1S/C18H18N2O3/c21-17(19-11-10-13-6-2-1-3-7-13)12-15-18(22)23-16-9-5-4-8-14(16)20-15/h1-9,15,20H,10-12H2,(H,19,21). The topological polar surface area (TPSA) is 67.4 Å². The monoisotopic (exact) mass is 310 g/mol. The van der Waals surface area contributed by atoms with Gasteiger partial charge in [0.1, 0.15) is 6.04 Å².